The Morgan fingerprint density at radius 1 is 1.53 bits per heavy atom. The molecule has 0 radical (unpaired) electrons. The van der Waals surface area contributed by atoms with Crippen molar-refractivity contribution in [1.82, 2.24) is 9.38 Å². The standard InChI is InChI=1S/C11H10F2N2O2/c1-2-17-11(16)8-5-14-9-4-3-7(10(12)13)6-15(8)9/h3-6,10H,2H2,1H3. The number of halogens is 2. The fraction of sp³-hybridized carbons (Fsp3) is 0.273. The molecule has 0 aliphatic carbocycles. The molecule has 0 spiro atoms. The molecule has 0 unspecified atom stereocenters. The molecule has 0 bridgehead atoms. The average Bonchev–Trinajstić information content (AvgIpc) is 2.71. The minimum Gasteiger partial charge on any atom is -0.461 e. The number of pyridine rings is 1. The van der Waals surface area contributed by atoms with Crippen LogP contribution in [-0.2, 0) is 4.74 Å². The molecule has 0 fully saturated rings. The van der Waals surface area contributed by atoms with Gasteiger partial charge in [0.05, 0.1) is 12.8 Å². The first-order valence-electron chi connectivity index (χ1n) is 5.05. The largest absolute Gasteiger partial charge is 0.461 e. The van der Waals surface area contributed by atoms with Crippen molar-refractivity contribution in [3.05, 3.63) is 35.8 Å². The van der Waals surface area contributed by atoms with Crippen LogP contribution >= 0.6 is 0 Å². The van der Waals surface area contributed by atoms with Gasteiger partial charge in [-0.15, -0.1) is 0 Å². The molecule has 0 amide bonds. The summed E-state index contributed by atoms with van der Waals surface area (Å²) < 4.78 is 31.2. The van der Waals surface area contributed by atoms with Gasteiger partial charge in [0.1, 0.15) is 5.65 Å². The number of carbonyl (C=O) groups excluding carboxylic acids is 1. The van der Waals surface area contributed by atoms with E-state index in [-0.39, 0.29) is 17.9 Å². The fourth-order valence-corrected chi connectivity index (χ4v) is 1.48. The number of aromatic nitrogens is 2. The van der Waals surface area contributed by atoms with E-state index in [1.165, 1.54) is 28.9 Å². The highest BCUT2D eigenvalue weighted by Gasteiger charge is 2.15. The summed E-state index contributed by atoms with van der Waals surface area (Å²) in [5, 5.41) is 0. The number of alkyl halides is 2. The lowest BCUT2D eigenvalue weighted by Gasteiger charge is -2.04. The first kappa shape index (κ1) is 11.5. The lowest BCUT2D eigenvalue weighted by Crippen LogP contribution is -2.08. The molecule has 0 N–H and O–H groups in total. The Bertz CT molecular complexity index is 551. The molecule has 2 aromatic heterocycles. The zero-order valence-corrected chi connectivity index (χ0v) is 9.06. The molecule has 2 heterocycles. The second kappa shape index (κ2) is 4.48. The van der Waals surface area contributed by atoms with E-state index in [0.29, 0.717) is 5.65 Å². The van der Waals surface area contributed by atoms with Crippen molar-refractivity contribution in [1.29, 1.82) is 0 Å². The topological polar surface area (TPSA) is 43.6 Å². The van der Waals surface area contributed by atoms with Crippen molar-refractivity contribution >= 4 is 11.6 Å². The summed E-state index contributed by atoms with van der Waals surface area (Å²) in [6.07, 6.45) is -0.0844. The number of esters is 1. The summed E-state index contributed by atoms with van der Waals surface area (Å²) in [5.74, 6) is -0.577. The first-order valence-corrected chi connectivity index (χ1v) is 5.05. The van der Waals surface area contributed by atoms with Crippen molar-refractivity contribution in [3.63, 3.8) is 0 Å². The Morgan fingerprint density at radius 2 is 2.29 bits per heavy atom. The van der Waals surface area contributed by atoms with Gasteiger partial charge in [0.25, 0.3) is 6.43 Å². The van der Waals surface area contributed by atoms with E-state index < -0.39 is 12.4 Å². The molecule has 0 aliphatic rings. The second-order valence-corrected chi connectivity index (χ2v) is 3.36. The molecule has 2 rings (SSSR count). The first-order chi connectivity index (χ1) is 8.13. The molecular weight excluding hydrogens is 230 g/mol. The van der Waals surface area contributed by atoms with Gasteiger partial charge in [0, 0.05) is 11.8 Å². The molecule has 0 atom stereocenters. The minimum absolute atomic E-state index is 0.143. The SMILES string of the molecule is CCOC(=O)c1cnc2ccc(C(F)F)cn12. The summed E-state index contributed by atoms with van der Waals surface area (Å²) in [4.78, 5) is 15.5. The Labute approximate surface area is 95.8 Å². The van der Waals surface area contributed by atoms with Crippen LogP contribution < -0.4 is 0 Å². The molecule has 0 aromatic carbocycles. The van der Waals surface area contributed by atoms with Crippen LogP contribution in [0.5, 0.6) is 0 Å². The fourth-order valence-electron chi connectivity index (χ4n) is 1.48. The number of fused-ring (bicyclic) bond motifs is 1. The van der Waals surface area contributed by atoms with E-state index in [9.17, 15) is 13.6 Å². The highest BCUT2D eigenvalue weighted by molar-refractivity contribution is 5.88. The highest BCUT2D eigenvalue weighted by Crippen LogP contribution is 2.20. The van der Waals surface area contributed by atoms with Gasteiger partial charge in [0.15, 0.2) is 5.69 Å². The van der Waals surface area contributed by atoms with Gasteiger partial charge in [-0.3, -0.25) is 4.40 Å². The maximum absolute atomic E-state index is 12.5. The molecule has 0 aliphatic heterocycles. The summed E-state index contributed by atoms with van der Waals surface area (Å²) in [6, 6.07) is 2.71. The van der Waals surface area contributed by atoms with E-state index in [2.05, 4.69) is 4.98 Å². The van der Waals surface area contributed by atoms with Gasteiger partial charge in [-0.25, -0.2) is 18.6 Å². The Kier molecular flexibility index (Phi) is 3.03. The normalized spacial score (nSPS) is 11.1. The number of nitrogens with zero attached hydrogens (tertiary/aromatic N) is 2. The van der Waals surface area contributed by atoms with Crippen molar-refractivity contribution < 1.29 is 18.3 Å². The summed E-state index contributed by atoms with van der Waals surface area (Å²) in [7, 11) is 0. The molecule has 0 saturated carbocycles. The lowest BCUT2D eigenvalue weighted by molar-refractivity contribution is 0.0518. The number of imidazole rings is 1. The van der Waals surface area contributed by atoms with E-state index in [1.54, 1.807) is 6.92 Å². The quantitative estimate of drug-likeness (QED) is 0.774. The van der Waals surface area contributed by atoms with Crippen LogP contribution in [0.15, 0.2) is 24.5 Å². The third-order valence-electron chi connectivity index (χ3n) is 2.27. The molecule has 17 heavy (non-hydrogen) atoms. The monoisotopic (exact) mass is 240 g/mol. The minimum atomic E-state index is -2.59. The molecule has 2 aromatic rings. The maximum Gasteiger partial charge on any atom is 0.356 e. The van der Waals surface area contributed by atoms with Gasteiger partial charge in [-0.1, -0.05) is 0 Å². The van der Waals surface area contributed by atoms with E-state index >= 15 is 0 Å². The average molecular weight is 240 g/mol. The number of hydrogen-bond donors (Lipinski definition) is 0. The molecule has 6 heteroatoms. The summed E-state index contributed by atoms with van der Waals surface area (Å²) >= 11 is 0. The number of hydrogen-bond acceptors (Lipinski definition) is 3. The van der Waals surface area contributed by atoms with Gasteiger partial charge < -0.3 is 4.74 Å². The van der Waals surface area contributed by atoms with Crippen molar-refractivity contribution in [2.24, 2.45) is 0 Å². The molecular formula is C11H10F2N2O2. The predicted molar refractivity (Wildman–Crippen MR) is 56.1 cm³/mol. The van der Waals surface area contributed by atoms with Crippen LogP contribution in [0, 0.1) is 0 Å². The van der Waals surface area contributed by atoms with Gasteiger partial charge >= 0.3 is 5.97 Å². The van der Waals surface area contributed by atoms with Crippen LogP contribution in [0.3, 0.4) is 0 Å². The third-order valence-corrected chi connectivity index (χ3v) is 2.27. The third kappa shape index (κ3) is 2.11. The highest BCUT2D eigenvalue weighted by atomic mass is 19.3. The van der Waals surface area contributed by atoms with E-state index in [1.807, 2.05) is 0 Å². The molecule has 4 nitrogen and oxygen atoms in total. The Morgan fingerprint density at radius 3 is 2.94 bits per heavy atom. The Hall–Kier alpha value is -1.98. The van der Waals surface area contributed by atoms with Crippen molar-refractivity contribution in [2.75, 3.05) is 6.61 Å². The van der Waals surface area contributed by atoms with Gasteiger partial charge in [0.2, 0.25) is 0 Å². The number of ether oxygens (including phenoxy) is 1. The number of rotatable bonds is 3. The van der Waals surface area contributed by atoms with E-state index in [0.717, 1.165) is 0 Å². The van der Waals surface area contributed by atoms with E-state index in [4.69, 9.17) is 4.74 Å². The zero-order valence-electron chi connectivity index (χ0n) is 9.06. The van der Waals surface area contributed by atoms with Crippen molar-refractivity contribution in [2.45, 2.75) is 13.3 Å². The van der Waals surface area contributed by atoms with Crippen LogP contribution in [0.1, 0.15) is 29.4 Å². The van der Waals surface area contributed by atoms with Crippen LogP contribution in [0.2, 0.25) is 0 Å². The Balaban J connectivity index is 2.50. The van der Waals surface area contributed by atoms with Gasteiger partial charge in [-0.2, -0.15) is 0 Å². The molecule has 0 saturated heterocycles. The van der Waals surface area contributed by atoms with Crippen molar-refractivity contribution in [3.8, 4) is 0 Å². The summed E-state index contributed by atoms with van der Waals surface area (Å²) in [5.41, 5.74) is 0.405. The second-order valence-electron chi connectivity index (χ2n) is 3.36. The predicted octanol–water partition coefficient (Wildman–Crippen LogP) is 2.45. The summed E-state index contributed by atoms with van der Waals surface area (Å²) in [6.45, 7) is 1.90. The van der Waals surface area contributed by atoms with Crippen LogP contribution in [0.25, 0.3) is 5.65 Å². The molecule has 90 valence electrons. The number of carbonyl (C=O) groups is 1. The van der Waals surface area contributed by atoms with Crippen LogP contribution in [0.4, 0.5) is 8.78 Å². The maximum atomic E-state index is 12.5. The smallest absolute Gasteiger partial charge is 0.356 e. The van der Waals surface area contributed by atoms with Gasteiger partial charge in [-0.05, 0) is 19.1 Å². The lowest BCUT2D eigenvalue weighted by atomic mass is 10.3. The van der Waals surface area contributed by atoms with Crippen LogP contribution in [-0.4, -0.2) is 22.0 Å². The zero-order chi connectivity index (χ0) is 12.4.